The molecule has 0 bridgehead atoms. The fourth-order valence-corrected chi connectivity index (χ4v) is 4.01. The van der Waals surface area contributed by atoms with Crippen LogP contribution in [0.15, 0.2) is 64.6 Å². The lowest BCUT2D eigenvalue weighted by molar-refractivity contribution is 0.0605. The Kier molecular flexibility index (Phi) is 3.65. The molecule has 1 aliphatic rings. The topological polar surface area (TPSA) is 76.5 Å². The van der Waals surface area contributed by atoms with Gasteiger partial charge >= 0.3 is 5.97 Å². The molecule has 0 spiro atoms. The molecule has 0 saturated carbocycles. The summed E-state index contributed by atoms with van der Waals surface area (Å²) in [6, 6.07) is 13.6. The minimum absolute atomic E-state index is 0.136. The largest absolute Gasteiger partial charge is 0.465 e. The average molecular weight is 371 g/mol. The summed E-state index contributed by atoms with van der Waals surface area (Å²) in [6.07, 6.45) is 3.32. The zero-order valence-corrected chi connectivity index (χ0v) is 15.2. The molecule has 0 unspecified atom stereocenters. The van der Waals surface area contributed by atoms with Gasteiger partial charge in [0.15, 0.2) is 5.43 Å². The number of carbonyl (C=O) groups excluding carboxylic acids is 1. The van der Waals surface area contributed by atoms with Crippen LogP contribution < -0.4 is 10.9 Å². The van der Waals surface area contributed by atoms with E-state index in [2.05, 4.69) is 14.5 Å². The van der Waals surface area contributed by atoms with E-state index >= 15 is 0 Å². The van der Waals surface area contributed by atoms with Crippen molar-refractivity contribution in [3.63, 3.8) is 0 Å². The molecule has 0 amide bonds. The van der Waals surface area contributed by atoms with E-state index in [0.29, 0.717) is 45.7 Å². The zero-order valence-electron chi connectivity index (χ0n) is 15.2. The third-order valence-electron chi connectivity index (χ3n) is 5.24. The van der Waals surface area contributed by atoms with Crippen LogP contribution in [0.4, 0.5) is 0 Å². The van der Waals surface area contributed by atoms with Crippen molar-refractivity contribution in [2.45, 2.75) is 6.54 Å². The molecule has 1 N–H and O–H groups in total. The van der Waals surface area contributed by atoms with Crippen LogP contribution in [0.25, 0.3) is 32.8 Å². The first-order chi connectivity index (χ1) is 13.7. The summed E-state index contributed by atoms with van der Waals surface area (Å²) in [7, 11) is 1.35. The summed E-state index contributed by atoms with van der Waals surface area (Å²) in [5.41, 5.74) is 2.81. The van der Waals surface area contributed by atoms with Gasteiger partial charge in [0.05, 0.1) is 30.3 Å². The van der Waals surface area contributed by atoms with E-state index in [1.54, 1.807) is 18.5 Å². The maximum absolute atomic E-state index is 13.3. The fourth-order valence-electron chi connectivity index (χ4n) is 4.01. The van der Waals surface area contributed by atoms with Gasteiger partial charge in [-0.1, -0.05) is 30.3 Å². The van der Waals surface area contributed by atoms with Crippen LogP contribution >= 0.6 is 0 Å². The summed E-state index contributed by atoms with van der Waals surface area (Å²) < 4.78 is 7.12. The van der Waals surface area contributed by atoms with Crippen LogP contribution in [0.1, 0.15) is 10.4 Å². The van der Waals surface area contributed by atoms with Gasteiger partial charge in [-0.2, -0.15) is 0 Å². The lowest BCUT2D eigenvalue weighted by Gasteiger charge is -2.15. The number of nitrogens with one attached hydrogen (secondary N) is 1. The van der Waals surface area contributed by atoms with E-state index in [0.717, 1.165) is 11.3 Å². The molecule has 0 aliphatic carbocycles. The van der Waals surface area contributed by atoms with E-state index in [-0.39, 0.29) is 5.43 Å². The third kappa shape index (κ3) is 2.24. The predicted molar refractivity (Wildman–Crippen MR) is 107 cm³/mol. The molecule has 6 nitrogen and oxygen atoms in total. The highest BCUT2D eigenvalue weighted by Gasteiger charge is 2.23. The van der Waals surface area contributed by atoms with Crippen LogP contribution in [0.3, 0.4) is 0 Å². The van der Waals surface area contributed by atoms with Crippen LogP contribution in [-0.2, 0) is 11.3 Å². The van der Waals surface area contributed by atoms with Crippen molar-refractivity contribution in [2.75, 3.05) is 13.7 Å². The highest BCUT2D eigenvalue weighted by atomic mass is 16.5. The molecule has 0 fully saturated rings. The van der Waals surface area contributed by atoms with Crippen LogP contribution in [-0.4, -0.2) is 29.2 Å². The van der Waals surface area contributed by atoms with E-state index in [1.165, 1.54) is 7.11 Å². The molecule has 1 aliphatic heterocycles. The second kappa shape index (κ2) is 6.20. The molecule has 28 heavy (non-hydrogen) atoms. The van der Waals surface area contributed by atoms with Crippen molar-refractivity contribution in [3.05, 3.63) is 76.1 Å². The van der Waals surface area contributed by atoms with E-state index in [1.807, 2.05) is 36.4 Å². The maximum atomic E-state index is 13.3. The molecular formula is C22H17N3O3. The molecule has 2 aromatic carbocycles. The number of nitrogens with zero attached hydrogens (tertiary/aromatic N) is 2. The van der Waals surface area contributed by atoms with Crippen LogP contribution in [0, 0.1) is 0 Å². The molecule has 6 heteroatoms. The van der Waals surface area contributed by atoms with Gasteiger partial charge < -0.3 is 14.3 Å². The summed E-state index contributed by atoms with van der Waals surface area (Å²) >= 11 is 0. The van der Waals surface area contributed by atoms with E-state index in [9.17, 15) is 9.59 Å². The van der Waals surface area contributed by atoms with Crippen LogP contribution in [0.2, 0.25) is 0 Å². The number of aromatic nitrogens is 2. The Morgan fingerprint density at radius 3 is 2.75 bits per heavy atom. The quantitative estimate of drug-likeness (QED) is 0.435. The summed E-state index contributed by atoms with van der Waals surface area (Å²) in [4.78, 5) is 33.6. The van der Waals surface area contributed by atoms with Gasteiger partial charge in [0.2, 0.25) is 0 Å². The highest BCUT2D eigenvalue weighted by molar-refractivity contribution is 6.16. The number of benzene rings is 2. The summed E-state index contributed by atoms with van der Waals surface area (Å²) in [5.74, 6) is -0.469. The van der Waals surface area contributed by atoms with Crippen molar-refractivity contribution in [1.82, 2.24) is 9.55 Å². The number of ether oxygens (including phenoxy) is 1. The Labute approximate surface area is 159 Å². The minimum Gasteiger partial charge on any atom is -0.465 e. The Balaban J connectivity index is 2.06. The van der Waals surface area contributed by atoms with E-state index in [4.69, 9.17) is 4.74 Å². The Bertz CT molecular complexity index is 1380. The van der Waals surface area contributed by atoms with Crippen molar-refractivity contribution in [2.24, 2.45) is 4.99 Å². The standard InChI is InChI=1S/C22H17N3O3/c1-28-22(27)18-14-7-8-23-12-16(14)20(26)19-15(18)11-17(13-5-3-2-4-6-13)25-10-9-24-21(19)25/h2-8,11-12,23H,9-10H2,1H3. The van der Waals surface area contributed by atoms with Crippen molar-refractivity contribution < 1.29 is 9.53 Å². The molecule has 138 valence electrons. The molecule has 0 radical (unpaired) electrons. The molecule has 4 aromatic rings. The Morgan fingerprint density at radius 2 is 1.96 bits per heavy atom. The Morgan fingerprint density at radius 1 is 1.14 bits per heavy atom. The van der Waals surface area contributed by atoms with Crippen molar-refractivity contribution >= 4 is 27.5 Å². The first-order valence-corrected chi connectivity index (χ1v) is 9.05. The average Bonchev–Trinajstić information content (AvgIpc) is 3.23. The van der Waals surface area contributed by atoms with Gasteiger partial charge in [0.25, 0.3) is 0 Å². The highest BCUT2D eigenvalue weighted by Crippen LogP contribution is 2.28. The van der Waals surface area contributed by atoms with Gasteiger partial charge in [0.1, 0.15) is 5.49 Å². The molecule has 2 aromatic heterocycles. The first-order valence-electron chi connectivity index (χ1n) is 9.05. The number of pyridine rings is 2. The predicted octanol–water partition coefficient (Wildman–Crippen LogP) is 2.85. The smallest absolute Gasteiger partial charge is 0.339 e. The summed E-state index contributed by atoms with van der Waals surface area (Å²) in [5, 5.41) is 2.06. The molecule has 0 atom stereocenters. The zero-order chi connectivity index (χ0) is 19.3. The van der Waals surface area contributed by atoms with Gasteiger partial charge in [-0.15, -0.1) is 0 Å². The minimum atomic E-state index is -0.469. The van der Waals surface area contributed by atoms with Gasteiger partial charge in [-0.25, -0.2) is 4.79 Å². The number of H-pyrrole nitrogens is 1. The molecule has 3 heterocycles. The number of esters is 1. The van der Waals surface area contributed by atoms with Crippen LogP contribution in [0.5, 0.6) is 0 Å². The normalized spacial score (nSPS) is 12.8. The van der Waals surface area contributed by atoms with Gasteiger partial charge in [-0.3, -0.25) is 9.79 Å². The SMILES string of the molecule is COC(=O)c1c2cc[nH]cc2c(=O)c2c3n(c(-c4ccccc4)cc12)CCN=3. The number of aromatic amines is 1. The number of methoxy groups -OCH3 is 1. The second-order valence-corrected chi connectivity index (χ2v) is 6.71. The fraction of sp³-hybridized carbons (Fsp3) is 0.136. The van der Waals surface area contributed by atoms with Crippen molar-refractivity contribution in [3.8, 4) is 11.3 Å². The summed E-state index contributed by atoms with van der Waals surface area (Å²) in [6.45, 7) is 1.30. The number of carbonyl (C=O) groups is 1. The molecule has 0 saturated heterocycles. The number of hydrogen-bond acceptors (Lipinski definition) is 4. The van der Waals surface area contributed by atoms with Gasteiger partial charge in [0, 0.05) is 35.1 Å². The molecular weight excluding hydrogens is 354 g/mol. The third-order valence-corrected chi connectivity index (χ3v) is 5.24. The Hall–Kier alpha value is -3.67. The lowest BCUT2D eigenvalue weighted by Crippen LogP contribution is -2.25. The maximum Gasteiger partial charge on any atom is 0.339 e. The van der Waals surface area contributed by atoms with Gasteiger partial charge in [-0.05, 0) is 17.7 Å². The monoisotopic (exact) mass is 371 g/mol. The second-order valence-electron chi connectivity index (χ2n) is 6.71. The first kappa shape index (κ1) is 16.5. The van der Waals surface area contributed by atoms with Crippen molar-refractivity contribution in [1.29, 1.82) is 0 Å². The van der Waals surface area contributed by atoms with E-state index < -0.39 is 5.97 Å². The lowest BCUT2D eigenvalue weighted by atomic mass is 9.96. The number of rotatable bonds is 2. The molecule has 5 rings (SSSR count). The number of hydrogen-bond donors (Lipinski definition) is 1. The number of fused-ring (bicyclic) bond motifs is 4.